The third-order valence-electron chi connectivity index (χ3n) is 1.20. The summed E-state index contributed by atoms with van der Waals surface area (Å²) < 4.78 is 4.92. The summed E-state index contributed by atoms with van der Waals surface area (Å²) in [7, 11) is 0. The van der Waals surface area contributed by atoms with Crippen LogP contribution in [0.5, 0.6) is 0 Å². The molecule has 10 heavy (non-hydrogen) atoms. The van der Waals surface area contributed by atoms with E-state index in [1.807, 2.05) is 19.9 Å². The maximum absolute atomic E-state index is 10.7. The summed E-state index contributed by atoms with van der Waals surface area (Å²) in [4.78, 5) is 10.7. The third-order valence-corrected chi connectivity index (χ3v) is 1.20. The summed E-state index contributed by atoms with van der Waals surface area (Å²) in [6, 6.07) is 0. The third kappa shape index (κ3) is 3.28. The van der Waals surface area contributed by atoms with Crippen LogP contribution in [-0.4, -0.2) is 5.97 Å². The number of allylic oxidation sites excluding steroid dienone is 2. The van der Waals surface area contributed by atoms with Crippen molar-refractivity contribution in [2.75, 3.05) is 0 Å². The first kappa shape index (κ1) is 9.21. The van der Waals surface area contributed by atoms with Crippen LogP contribution in [0.1, 0.15) is 33.6 Å². The fraction of sp³-hybridized carbons (Fsp3) is 0.625. The maximum Gasteiger partial charge on any atom is 0.310 e. The minimum atomic E-state index is -0.157. The van der Waals surface area contributed by atoms with E-state index in [4.69, 9.17) is 4.74 Å². The molecule has 0 aromatic heterocycles. The zero-order valence-corrected chi connectivity index (χ0v) is 6.81. The van der Waals surface area contributed by atoms with Crippen LogP contribution in [0.4, 0.5) is 0 Å². The Bertz CT molecular complexity index is 136. The van der Waals surface area contributed by atoms with Gasteiger partial charge in [0.1, 0.15) is 5.76 Å². The van der Waals surface area contributed by atoms with Crippen LogP contribution < -0.4 is 0 Å². The van der Waals surface area contributed by atoms with Gasteiger partial charge in [-0.2, -0.15) is 0 Å². The van der Waals surface area contributed by atoms with Crippen LogP contribution in [0, 0.1) is 0 Å². The van der Waals surface area contributed by atoms with Crippen molar-refractivity contribution in [3.63, 3.8) is 0 Å². The summed E-state index contributed by atoms with van der Waals surface area (Å²) in [5.74, 6) is 0.599. The summed E-state index contributed by atoms with van der Waals surface area (Å²) in [5.41, 5.74) is 0. The van der Waals surface area contributed by atoms with Crippen molar-refractivity contribution < 1.29 is 9.53 Å². The standard InChI is InChI=1S/C8H14O2/c1-4-7(5-2)10-8(9)6-3/h4H,5-6H2,1-3H3. The van der Waals surface area contributed by atoms with Crippen molar-refractivity contribution in [2.24, 2.45) is 0 Å². The lowest BCUT2D eigenvalue weighted by molar-refractivity contribution is -0.139. The van der Waals surface area contributed by atoms with Crippen LogP contribution in [0.25, 0.3) is 0 Å². The molecule has 0 amide bonds. The first-order valence-corrected chi connectivity index (χ1v) is 3.60. The predicted octanol–water partition coefficient (Wildman–Crippen LogP) is 2.25. The van der Waals surface area contributed by atoms with Crippen LogP contribution in [0.2, 0.25) is 0 Å². The van der Waals surface area contributed by atoms with Crippen molar-refractivity contribution in [3.05, 3.63) is 11.8 Å². The van der Waals surface area contributed by atoms with Crippen LogP contribution in [0.15, 0.2) is 11.8 Å². The molecule has 0 radical (unpaired) electrons. The first-order valence-electron chi connectivity index (χ1n) is 3.60. The number of rotatable bonds is 3. The van der Waals surface area contributed by atoms with Gasteiger partial charge in [-0.25, -0.2) is 0 Å². The highest BCUT2D eigenvalue weighted by Crippen LogP contribution is 2.03. The van der Waals surface area contributed by atoms with Gasteiger partial charge in [0.05, 0.1) is 0 Å². The predicted molar refractivity (Wildman–Crippen MR) is 40.4 cm³/mol. The highest BCUT2D eigenvalue weighted by molar-refractivity contribution is 5.70. The fourth-order valence-electron chi connectivity index (χ4n) is 0.554. The maximum atomic E-state index is 10.7. The molecule has 0 aromatic carbocycles. The van der Waals surface area contributed by atoms with Crippen molar-refractivity contribution in [1.82, 2.24) is 0 Å². The molecule has 58 valence electrons. The number of carbonyl (C=O) groups is 1. The molecule has 0 fully saturated rings. The average Bonchev–Trinajstić information content (AvgIpc) is 1.99. The zero-order chi connectivity index (χ0) is 7.98. The summed E-state index contributed by atoms with van der Waals surface area (Å²) in [6.07, 6.45) is 3.03. The first-order chi connectivity index (χ1) is 4.74. The topological polar surface area (TPSA) is 26.3 Å². The second-order valence-electron chi connectivity index (χ2n) is 1.94. The number of esters is 1. The molecule has 0 saturated heterocycles. The van der Waals surface area contributed by atoms with E-state index >= 15 is 0 Å². The molecule has 0 aliphatic carbocycles. The average molecular weight is 142 g/mol. The Balaban J connectivity index is 3.76. The van der Waals surface area contributed by atoms with Crippen LogP contribution >= 0.6 is 0 Å². The molecule has 0 aliphatic heterocycles. The molecule has 0 unspecified atom stereocenters. The van der Waals surface area contributed by atoms with Crippen molar-refractivity contribution >= 4 is 5.97 Å². The van der Waals surface area contributed by atoms with Crippen LogP contribution in [0.3, 0.4) is 0 Å². The van der Waals surface area contributed by atoms with Gasteiger partial charge >= 0.3 is 5.97 Å². The Morgan fingerprint density at radius 1 is 1.40 bits per heavy atom. The number of carbonyl (C=O) groups excluding carboxylic acids is 1. The monoisotopic (exact) mass is 142 g/mol. The smallest absolute Gasteiger partial charge is 0.310 e. The summed E-state index contributed by atoms with van der Waals surface area (Å²) in [5, 5.41) is 0. The van der Waals surface area contributed by atoms with Gasteiger partial charge in [0.2, 0.25) is 0 Å². The van der Waals surface area contributed by atoms with Gasteiger partial charge in [-0.05, 0) is 13.0 Å². The normalized spacial score (nSPS) is 11.3. The second-order valence-corrected chi connectivity index (χ2v) is 1.94. The SMILES string of the molecule is CC=C(CC)OC(=O)CC. The van der Waals surface area contributed by atoms with Crippen molar-refractivity contribution in [3.8, 4) is 0 Å². The molecule has 2 heteroatoms. The highest BCUT2D eigenvalue weighted by Gasteiger charge is 1.99. The molecular weight excluding hydrogens is 128 g/mol. The van der Waals surface area contributed by atoms with Gasteiger partial charge < -0.3 is 4.74 Å². The van der Waals surface area contributed by atoms with E-state index in [0.717, 1.165) is 12.2 Å². The van der Waals surface area contributed by atoms with Gasteiger partial charge in [-0.3, -0.25) is 4.79 Å². The second kappa shape index (κ2) is 5.03. The Labute approximate surface area is 61.9 Å². The molecule has 0 atom stereocenters. The lowest BCUT2D eigenvalue weighted by atomic mass is 10.4. The number of hydrogen-bond acceptors (Lipinski definition) is 2. The lowest BCUT2D eigenvalue weighted by Gasteiger charge is -2.02. The Morgan fingerprint density at radius 3 is 2.30 bits per heavy atom. The van der Waals surface area contributed by atoms with Gasteiger partial charge in [-0.15, -0.1) is 0 Å². The van der Waals surface area contributed by atoms with E-state index in [0.29, 0.717) is 6.42 Å². The number of hydrogen-bond donors (Lipinski definition) is 0. The Kier molecular flexibility index (Phi) is 4.63. The lowest BCUT2D eigenvalue weighted by Crippen LogP contribution is -2.01. The zero-order valence-electron chi connectivity index (χ0n) is 6.81. The molecule has 0 N–H and O–H groups in total. The Hall–Kier alpha value is -0.790. The molecule has 0 aromatic rings. The molecule has 2 nitrogen and oxygen atoms in total. The minimum Gasteiger partial charge on any atom is -0.431 e. The largest absolute Gasteiger partial charge is 0.431 e. The van der Waals surface area contributed by atoms with E-state index in [1.165, 1.54) is 0 Å². The van der Waals surface area contributed by atoms with E-state index < -0.39 is 0 Å². The quantitative estimate of drug-likeness (QED) is 0.446. The molecule has 0 saturated carbocycles. The molecule has 0 spiro atoms. The molecule has 0 heterocycles. The Morgan fingerprint density at radius 2 is 2.00 bits per heavy atom. The molecule has 0 rings (SSSR count). The molecular formula is C8H14O2. The van der Waals surface area contributed by atoms with E-state index in [-0.39, 0.29) is 5.97 Å². The molecule has 0 bridgehead atoms. The molecule has 0 aliphatic rings. The van der Waals surface area contributed by atoms with E-state index in [1.54, 1.807) is 6.92 Å². The van der Waals surface area contributed by atoms with Gasteiger partial charge in [0, 0.05) is 12.8 Å². The van der Waals surface area contributed by atoms with E-state index in [2.05, 4.69) is 0 Å². The number of ether oxygens (including phenoxy) is 1. The minimum absolute atomic E-state index is 0.157. The van der Waals surface area contributed by atoms with E-state index in [9.17, 15) is 4.79 Å². The van der Waals surface area contributed by atoms with Gasteiger partial charge in [-0.1, -0.05) is 13.8 Å². The van der Waals surface area contributed by atoms with Crippen LogP contribution in [-0.2, 0) is 9.53 Å². The fourth-order valence-corrected chi connectivity index (χ4v) is 0.554. The highest BCUT2D eigenvalue weighted by atomic mass is 16.5. The van der Waals surface area contributed by atoms with Gasteiger partial charge in [0.25, 0.3) is 0 Å². The van der Waals surface area contributed by atoms with Gasteiger partial charge in [0.15, 0.2) is 0 Å². The van der Waals surface area contributed by atoms with Crippen molar-refractivity contribution in [1.29, 1.82) is 0 Å². The van der Waals surface area contributed by atoms with Crippen molar-refractivity contribution in [2.45, 2.75) is 33.6 Å². The summed E-state index contributed by atoms with van der Waals surface area (Å²) >= 11 is 0. The summed E-state index contributed by atoms with van der Waals surface area (Å²) in [6.45, 7) is 5.60.